The molecule has 0 N–H and O–H groups in total. The highest BCUT2D eigenvalue weighted by molar-refractivity contribution is 5.92. The fourth-order valence-electron chi connectivity index (χ4n) is 5.45. The van der Waals surface area contributed by atoms with Crippen LogP contribution in [0, 0.1) is 5.82 Å². The Morgan fingerprint density at radius 3 is 2.40 bits per heavy atom. The first kappa shape index (κ1) is 30.2. The maximum atomic E-state index is 15.5. The lowest BCUT2D eigenvalue weighted by molar-refractivity contribution is 0.0568. The minimum atomic E-state index is -0.836. The highest BCUT2D eigenvalue weighted by atomic mass is 19.1. The highest BCUT2D eigenvalue weighted by Crippen LogP contribution is 2.44. The number of pyridine rings is 1. The Balaban J connectivity index is 1.51. The maximum absolute atomic E-state index is 15.5. The van der Waals surface area contributed by atoms with Crippen LogP contribution in [-0.4, -0.2) is 68.0 Å². The Kier molecular flexibility index (Phi) is 7.13. The van der Waals surface area contributed by atoms with Gasteiger partial charge in [-0.3, -0.25) is 18.9 Å². The van der Waals surface area contributed by atoms with Gasteiger partial charge in [0.1, 0.15) is 29.1 Å². The van der Waals surface area contributed by atoms with E-state index in [-0.39, 0.29) is 24.9 Å². The predicted octanol–water partition coefficient (Wildman–Crippen LogP) is 5.45. The molecule has 0 bridgehead atoms. The molecule has 4 aromatic rings. The number of halogens is 1. The monoisotopic (exact) mass is 621 g/mol. The zero-order chi connectivity index (χ0) is 32.4. The number of aryl methyl sites for hydroxylation is 1. The maximum Gasteiger partial charge on any atom is 0.416 e. The van der Waals surface area contributed by atoms with Crippen LogP contribution in [0.1, 0.15) is 58.6 Å². The minimum absolute atomic E-state index is 0.149. The van der Waals surface area contributed by atoms with E-state index in [2.05, 4.69) is 15.3 Å². The van der Waals surface area contributed by atoms with Gasteiger partial charge in [0.25, 0.3) is 0 Å². The molecule has 1 aromatic carbocycles. The summed E-state index contributed by atoms with van der Waals surface area (Å²) in [5, 5.41) is 13.1. The fourth-order valence-corrected chi connectivity index (χ4v) is 5.45. The van der Waals surface area contributed by atoms with Crippen LogP contribution in [-0.2, 0) is 23.1 Å². The van der Waals surface area contributed by atoms with Crippen molar-refractivity contribution in [3.63, 3.8) is 0 Å². The van der Waals surface area contributed by atoms with Crippen LogP contribution < -0.4 is 19.3 Å². The van der Waals surface area contributed by atoms with Crippen LogP contribution >= 0.6 is 0 Å². The van der Waals surface area contributed by atoms with E-state index >= 15 is 4.39 Å². The average molecular weight is 622 g/mol. The van der Waals surface area contributed by atoms with Gasteiger partial charge < -0.3 is 18.9 Å². The van der Waals surface area contributed by atoms with Crippen LogP contribution in [0.15, 0.2) is 30.6 Å². The number of amides is 2. The number of fused-ring (bicyclic) bond motifs is 3. The van der Waals surface area contributed by atoms with Crippen LogP contribution in [0.3, 0.4) is 0 Å². The summed E-state index contributed by atoms with van der Waals surface area (Å²) in [4.78, 5) is 29.3. The summed E-state index contributed by atoms with van der Waals surface area (Å²) in [5.41, 5.74) is 1.01. The number of carbonyl (C=O) groups is 2. The number of hydrogen-bond donors (Lipinski definition) is 0. The van der Waals surface area contributed by atoms with Crippen molar-refractivity contribution in [1.29, 1.82) is 0 Å². The molecular weight excluding hydrogens is 585 g/mol. The summed E-state index contributed by atoms with van der Waals surface area (Å²) in [7, 11) is 3.31. The van der Waals surface area contributed by atoms with Gasteiger partial charge in [0.15, 0.2) is 23.0 Å². The Hall–Kier alpha value is -4.88. The number of anilines is 2. The Morgan fingerprint density at radius 1 is 1.02 bits per heavy atom. The lowest BCUT2D eigenvalue weighted by atomic mass is 9.95. The van der Waals surface area contributed by atoms with E-state index in [9.17, 15) is 9.59 Å². The van der Waals surface area contributed by atoms with Gasteiger partial charge in [0.2, 0.25) is 0 Å². The summed E-state index contributed by atoms with van der Waals surface area (Å²) in [6, 6.07) is 6.41. The van der Waals surface area contributed by atoms with Crippen molar-refractivity contribution in [1.82, 2.24) is 24.4 Å². The molecule has 3 aromatic heterocycles. The number of rotatable bonds is 2. The van der Waals surface area contributed by atoms with Crippen molar-refractivity contribution in [2.24, 2.45) is 7.05 Å². The van der Waals surface area contributed by atoms with Gasteiger partial charge in [-0.15, -0.1) is 10.2 Å². The summed E-state index contributed by atoms with van der Waals surface area (Å²) >= 11 is 0. The molecule has 0 saturated heterocycles. The molecule has 0 spiro atoms. The quantitative estimate of drug-likeness (QED) is 0.287. The van der Waals surface area contributed by atoms with Crippen LogP contribution in [0.2, 0.25) is 0 Å². The van der Waals surface area contributed by atoms with Crippen molar-refractivity contribution < 1.29 is 32.9 Å². The smallest absolute Gasteiger partial charge is 0.416 e. The zero-order valence-electron chi connectivity index (χ0n) is 26.5. The Bertz CT molecular complexity index is 1820. The predicted molar refractivity (Wildman–Crippen MR) is 162 cm³/mol. The molecule has 0 fully saturated rings. The van der Waals surface area contributed by atoms with Crippen LogP contribution in [0.25, 0.3) is 16.9 Å². The zero-order valence-corrected chi connectivity index (χ0v) is 26.5. The van der Waals surface area contributed by atoms with E-state index in [4.69, 9.17) is 18.9 Å². The molecule has 13 nitrogen and oxygen atoms in total. The minimum Gasteiger partial charge on any atom is -0.493 e. The standard InChI is InChI=1S/C31H36FN7O6/c1-30(2,3)44-28(40)36(7)24-12-21(37(8)35-24)18-11-23-27(39-16-33-34-26(18)39)38(29(41)45-31(4,5)6)13-19-20(32)9-10-22-25(19)17(14-42-22)15-43-23/h9-12,16-17H,13-15H2,1-8H3/t17-/m1/s1. The molecule has 2 aliphatic rings. The first-order chi connectivity index (χ1) is 21.1. The summed E-state index contributed by atoms with van der Waals surface area (Å²) in [5.74, 6) is 0.757. The summed E-state index contributed by atoms with van der Waals surface area (Å²) in [6.45, 7) is 11.0. The number of aromatic nitrogens is 5. The van der Waals surface area contributed by atoms with E-state index in [1.807, 2.05) is 0 Å². The van der Waals surface area contributed by atoms with Crippen molar-refractivity contribution in [3.05, 3.63) is 47.5 Å². The van der Waals surface area contributed by atoms with Gasteiger partial charge in [0.05, 0.1) is 31.4 Å². The largest absolute Gasteiger partial charge is 0.493 e. The van der Waals surface area contributed by atoms with E-state index in [0.717, 1.165) is 0 Å². The number of benzene rings is 1. The first-order valence-corrected chi connectivity index (χ1v) is 14.6. The SMILES string of the molecule is CN(C(=O)OC(C)(C)C)c1cc(-c2cc3c(n4cnnc24)N(C(=O)OC(C)(C)C)Cc2c(F)ccc4c2[C@H](CO4)CO3)n(C)n1. The lowest BCUT2D eigenvalue weighted by Crippen LogP contribution is -2.38. The van der Waals surface area contributed by atoms with E-state index < -0.39 is 29.2 Å². The second-order valence-corrected chi connectivity index (χ2v) is 13.1. The van der Waals surface area contributed by atoms with Crippen LogP contribution in [0.4, 0.5) is 25.6 Å². The molecule has 0 saturated carbocycles. The summed E-state index contributed by atoms with van der Waals surface area (Å²) < 4.78 is 42.3. The molecule has 0 radical (unpaired) electrons. The normalized spacial score (nSPS) is 16.1. The van der Waals surface area contributed by atoms with Gasteiger partial charge in [-0.05, 0) is 59.7 Å². The fraction of sp³-hybridized carbons (Fsp3) is 0.452. The molecule has 6 rings (SSSR count). The molecule has 0 aliphatic carbocycles. The molecule has 2 aliphatic heterocycles. The van der Waals surface area contributed by atoms with Crippen molar-refractivity contribution >= 4 is 29.5 Å². The molecule has 5 heterocycles. The Labute approximate surface area is 259 Å². The molecule has 14 heteroatoms. The van der Waals surface area contributed by atoms with Gasteiger partial charge in [-0.2, -0.15) is 5.10 Å². The number of nitrogens with zero attached hydrogens (tertiary/aromatic N) is 7. The number of carbonyl (C=O) groups excluding carboxylic acids is 2. The summed E-state index contributed by atoms with van der Waals surface area (Å²) in [6.07, 6.45) is 0.197. The molecule has 2 amide bonds. The van der Waals surface area contributed by atoms with Gasteiger partial charge in [-0.1, -0.05) is 0 Å². The van der Waals surface area contributed by atoms with Crippen molar-refractivity contribution in [2.75, 3.05) is 30.1 Å². The van der Waals surface area contributed by atoms with Gasteiger partial charge >= 0.3 is 12.2 Å². The third-order valence-corrected chi connectivity index (χ3v) is 7.40. The second-order valence-electron chi connectivity index (χ2n) is 13.1. The van der Waals surface area contributed by atoms with E-state index in [1.165, 1.54) is 22.2 Å². The van der Waals surface area contributed by atoms with Crippen molar-refractivity contribution in [3.8, 4) is 22.8 Å². The van der Waals surface area contributed by atoms with E-state index in [0.29, 0.717) is 52.0 Å². The first-order valence-electron chi connectivity index (χ1n) is 14.6. The second kappa shape index (κ2) is 10.6. The third kappa shape index (κ3) is 5.60. The highest BCUT2D eigenvalue weighted by Gasteiger charge is 2.37. The van der Waals surface area contributed by atoms with Crippen molar-refractivity contribution in [2.45, 2.75) is 65.2 Å². The molecule has 238 valence electrons. The van der Waals surface area contributed by atoms with Gasteiger partial charge in [-0.25, -0.2) is 14.0 Å². The Morgan fingerprint density at radius 2 is 1.71 bits per heavy atom. The number of hydrogen-bond acceptors (Lipinski definition) is 9. The topological polar surface area (TPSA) is 126 Å². The molecule has 0 unspecified atom stereocenters. The molecule has 45 heavy (non-hydrogen) atoms. The van der Waals surface area contributed by atoms with Crippen LogP contribution in [0.5, 0.6) is 11.5 Å². The average Bonchev–Trinajstić information content (AvgIpc) is 3.67. The lowest BCUT2D eigenvalue weighted by Gasteiger charge is -2.29. The third-order valence-electron chi connectivity index (χ3n) is 7.40. The molecular formula is C31H36FN7O6. The number of ether oxygens (including phenoxy) is 4. The van der Waals surface area contributed by atoms with E-state index in [1.54, 1.807) is 82.9 Å². The molecule has 1 atom stereocenters. The van der Waals surface area contributed by atoms with Gasteiger partial charge in [0, 0.05) is 36.9 Å².